The molecule has 1 aromatic rings. The highest BCUT2D eigenvalue weighted by molar-refractivity contribution is 9.09. The Labute approximate surface area is 126 Å². The zero-order valence-electron chi connectivity index (χ0n) is 12.2. The quantitative estimate of drug-likeness (QED) is 0.371. The van der Waals surface area contributed by atoms with Crippen LogP contribution in [0.3, 0.4) is 0 Å². The Bertz CT molecular complexity index is 325. The molecule has 0 unspecified atom stereocenters. The number of aryl methyl sites for hydroxylation is 1. The molecule has 0 N–H and O–H groups in total. The SMILES string of the molecule is CCCCCc1cccc(OCCCCCCBr)c1. The van der Waals surface area contributed by atoms with Crippen LogP contribution in [0.25, 0.3) is 0 Å². The molecule has 2 heteroatoms. The van der Waals surface area contributed by atoms with Crippen LogP contribution in [0.4, 0.5) is 0 Å². The van der Waals surface area contributed by atoms with Gasteiger partial charge in [-0.2, -0.15) is 0 Å². The predicted octanol–water partition coefficient (Wildman–Crippen LogP) is 5.75. The van der Waals surface area contributed by atoms with Crippen molar-refractivity contribution in [2.75, 3.05) is 11.9 Å². The van der Waals surface area contributed by atoms with Crippen LogP contribution >= 0.6 is 15.9 Å². The van der Waals surface area contributed by atoms with Gasteiger partial charge >= 0.3 is 0 Å². The van der Waals surface area contributed by atoms with Gasteiger partial charge in [0.05, 0.1) is 6.61 Å². The molecule has 19 heavy (non-hydrogen) atoms. The van der Waals surface area contributed by atoms with Crippen molar-refractivity contribution in [3.05, 3.63) is 29.8 Å². The highest BCUT2D eigenvalue weighted by Crippen LogP contribution is 2.16. The van der Waals surface area contributed by atoms with E-state index in [0.29, 0.717) is 0 Å². The van der Waals surface area contributed by atoms with Gasteiger partial charge in [0, 0.05) is 5.33 Å². The average molecular weight is 327 g/mol. The van der Waals surface area contributed by atoms with Crippen LogP contribution in [0.15, 0.2) is 24.3 Å². The first kappa shape index (κ1) is 16.6. The van der Waals surface area contributed by atoms with Crippen molar-refractivity contribution in [2.45, 2.75) is 58.3 Å². The standard InChI is InChI=1S/C17H27BrO/c1-2-3-6-10-16-11-9-12-17(15-16)19-14-8-5-4-7-13-18/h9,11-12,15H,2-8,10,13-14H2,1H3. The minimum atomic E-state index is 0.848. The van der Waals surface area contributed by atoms with Gasteiger partial charge in [-0.25, -0.2) is 0 Å². The van der Waals surface area contributed by atoms with Crippen molar-refractivity contribution >= 4 is 15.9 Å². The predicted molar refractivity (Wildman–Crippen MR) is 87.4 cm³/mol. The van der Waals surface area contributed by atoms with Crippen molar-refractivity contribution in [2.24, 2.45) is 0 Å². The van der Waals surface area contributed by atoms with Crippen LogP contribution in [0.5, 0.6) is 5.75 Å². The number of alkyl halides is 1. The first-order chi connectivity index (χ1) is 9.36. The van der Waals surface area contributed by atoms with Crippen molar-refractivity contribution < 1.29 is 4.74 Å². The minimum absolute atomic E-state index is 0.848. The smallest absolute Gasteiger partial charge is 0.119 e. The molecule has 0 atom stereocenters. The number of rotatable bonds is 11. The van der Waals surface area contributed by atoms with Crippen LogP contribution < -0.4 is 4.74 Å². The van der Waals surface area contributed by atoms with E-state index in [0.717, 1.165) is 24.1 Å². The Kier molecular flexibility index (Phi) is 9.88. The molecule has 0 fully saturated rings. The summed E-state index contributed by atoms with van der Waals surface area (Å²) in [5, 5.41) is 1.12. The van der Waals surface area contributed by atoms with Crippen LogP contribution in [0.1, 0.15) is 57.4 Å². The fraction of sp³-hybridized carbons (Fsp3) is 0.647. The third-order valence-electron chi connectivity index (χ3n) is 3.26. The molecule has 0 aliphatic heterocycles. The Morgan fingerprint density at radius 1 is 1.00 bits per heavy atom. The van der Waals surface area contributed by atoms with Crippen molar-refractivity contribution in [3.63, 3.8) is 0 Å². The highest BCUT2D eigenvalue weighted by atomic mass is 79.9. The zero-order valence-corrected chi connectivity index (χ0v) is 13.8. The van der Waals surface area contributed by atoms with E-state index in [9.17, 15) is 0 Å². The first-order valence-electron chi connectivity index (χ1n) is 7.64. The summed E-state index contributed by atoms with van der Waals surface area (Å²) in [5.41, 5.74) is 1.41. The molecule has 0 spiro atoms. The lowest BCUT2D eigenvalue weighted by molar-refractivity contribution is 0.305. The molecule has 0 radical (unpaired) electrons. The van der Waals surface area contributed by atoms with E-state index >= 15 is 0 Å². The second kappa shape index (κ2) is 11.3. The van der Waals surface area contributed by atoms with Gasteiger partial charge in [0.2, 0.25) is 0 Å². The summed E-state index contributed by atoms with van der Waals surface area (Å²) in [7, 11) is 0. The van der Waals surface area contributed by atoms with Crippen molar-refractivity contribution in [3.8, 4) is 5.75 Å². The van der Waals surface area contributed by atoms with Crippen LogP contribution in [-0.4, -0.2) is 11.9 Å². The molecular formula is C17H27BrO. The maximum absolute atomic E-state index is 5.82. The summed E-state index contributed by atoms with van der Waals surface area (Å²) in [5.74, 6) is 1.04. The van der Waals surface area contributed by atoms with Crippen molar-refractivity contribution in [1.29, 1.82) is 0 Å². The maximum atomic E-state index is 5.82. The highest BCUT2D eigenvalue weighted by Gasteiger charge is 1.98. The van der Waals surface area contributed by atoms with E-state index in [-0.39, 0.29) is 0 Å². The summed E-state index contributed by atoms with van der Waals surface area (Å²) >= 11 is 3.46. The molecule has 0 aromatic heterocycles. The lowest BCUT2D eigenvalue weighted by atomic mass is 10.1. The lowest BCUT2D eigenvalue weighted by Gasteiger charge is -2.08. The molecule has 0 bridgehead atoms. The van der Waals surface area contributed by atoms with E-state index in [1.165, 1.54) is 50.5 Å². The van der Waals surface area contributed by atoms with Crippen LogP contribution in [-0.2, 0) is 6.42 Å². The van der Waals surface area contributed by atoms with Gasteiger partial charge in [0.25, 0.3) is 0 Å². The van der Waals surface area contributed by atoms with Crippen LogP contribution in [0.2, 0.25) is 0 Å². The first-order valence-corrected chi connectivity index (χ1v) is 8.76. The van der Waals surface area contributed by atoms with Crippen LogP contribution in [0, 0.1) is 0 Å². The molecule has 1 aromatic carbocycles. The Morgan fingerprint density at radius 3 is 2.63 bits per heavy atom. The second-order valence-electron chi connectivity index (χ2n) is 5.06. The van der Waals surface area contributed by atoms with Gasteiger partial charge in [-0.05, 0) is 43.4 Å². The second-order valence-corrected chi connectivity index (χ2v) is 5.85. The summed E-state index contributed by atoms with van der Waals surface area (Å²) in [6, 6.07) is 8.59. The lowest BCUT2D eigenvalue weighted by Crippen LogP contribution is -1.98. The molecule has 0 saturated carbocycles. The Morgan fingerprint density at radius 2 is 1.84 bits per heavy atom. The molecule has 0 amide bonds. The van der Waals surface area contributed by atoms with E-state index in [2.05, 4.69) is 47.1 Å². The molecule has 0 saturated heterocycles. The summed E-state index contributed by atoms with van der Waals surface area (Å²) < 4.78 is 5.82. The third-order valence-corrected chi connectivity index (χ3v) is 3.82. The monoisotopic (exact) mass is 326 g/mol. The number of halogens is 1. The zero-order chi connectivity index (χ0) is 13.8. The van der Waals surface area contributed by atoms with E-state index in [1.807, 2.05) is 0 Å². The Hall–Kier alpha value is -0.500. The third kappa shape index (κ3) is 8.30. The largest absolute Gasteiger partial charge is 0.494 e. The topological polar surface area (TPSA) is 9.23 Å². The fourth-order valence-corrected chi connectivity index (χ4v) is 2.51. The molecular weight excluding hydrogens is 300 g/mol. The minimum Gasteiger partial charge on any atom is -0.494 e. The molecule has 1 rings (SSSR count). The molecule has 0 aliphatic carbocycles. The van der Waals surface area contributed by atoms with Crippen molar-refractivity contribution in [1.82, 2.24) is 0 Å². The molecule has 108 valence electrons. The number of hydrogen-bond acceptors (Lipinski definition) is 1. The average Bonchev–Trinajstić information content (AvgIpc) is 2.43. The van der Waals surface area contributed by atoms with Gasteiger partial charge in [0.1, 0.15) is 5.75 Å². The van der Waals surface area contributed by atoms with E-state index in [4.69, 9.17) is 4.74 Å². The number of benzene rings is 1. The van der Waals surface area contributed by atoms with Gasteiger partial charge in [-0.1, -0.05) is 60.7 Å². The van der Waals surface area contributed by atoms with Gasteiger partial charge in [-0.3, -0.25) is 0 Å². The van der Waals surface area contributed by atoms with Gasteiger partial charge in [-0.15, -0.1) is 0 Å². The Balaban J connectivity index is 2.20. The fourth-order valence-electron chi connectivity index (χ4n) is 2.11. The van der Waals surface area contributed by atoms with E-state index in [1.54, 1.807) is 0 Å². The molecule has 1 nitrogen and oxygen atoms in total. The summed E-state index contributed by atoms with van der Waals surface area (Å²) in [6.07, 6.45) is 10.1. The maximum Gasteiger partial charge on any atom is 0.119 e. The summed E-state index contributed by atoms with van der Waals surface area (Å²) in [4.78, 5) is 0. The molecule has 0 heterocycles. The normalized spacial score (nSPS) is 10.6. The van der Waals surface area contributed by atoms with E-state index < -0.39 is 0 Å². The number of unbranched alkanes of at least 4 members (excludes halogenated alkanes) is 5. The summed E-state index contributed by atoms with van der Waals surface area (Å²) in [6.45, 7) is 3.09. The van der Waals surface area contributed by atoms with Gasteiger partial charge in [0.15, 0.2) is 0 Å². The number of ether oxygens (including phenoxy) is 1. The number of hydrogen-bond donors (Lipinski definition) is 0. The molecule has 0 aliphatic rings. The van der Waals surface area contributed by atoms with Gasteiger partial charge < -0.3 is 4.74 Å².